The molecule has 3 rings (SSSR count). The monoisotopic (exact) mass is 274 g/mol. The van der Waals surface area contributed by atoms with E-state index in [1.165, 1.54) is 5.56 Å². The predicted molar refractivity (Wildman–Crippen MR) is 77.2 cm³/mol. The molecule has 1 heterocycles. The molecule has 2 aliphatic rings. The summed E-state index contributed by atoms with van der Waals surface area (Å²) in [6, 6.07) is 8.12. The molecule has 20 heavy (non-hydrogen) atoms. The van der Waals surface area contributed by atoms with Crippen LogP contribution >= 0.6 is 0 Å². The van der Waals surface area contributed by atoms with Crippen molar-refractivity contribution >= 4 is 5.91 Å². The first-order chi connectivity index (χ1) is 9.75. The summed E-state index contributed by atoms with van der Waals surface area (Å²) in [7, 11) is 0. The number of hydrogen-bond acceptors (Lipinski definition) is 3. The number of aliphatic hydroxyl groups excluding tert-OH is 1. The first-order valence-electron chi connectivity index (χ1n) is 7.50. The van der Waals surface area contributed by atoms with Crippen LogP contribution in [0.4, 0.5) is 0 Å². The van der Waals surface area contributed by atoms with Gasteiger partial charge in [-0.05, 0) is 24.0 Å². The van der Waals surface area contributed by atoms with Crippen molar-refractivity contribution in [3.63, 3.8) is 0 Å². The van der Waals surface area contributed by atoms with E-state index in [4.69, 9.17) is 0 Å². The van der Waals surface area contributed by atoms with Crippen LogP contribution in [-0.4, -0.2) is 30.2 Å². The molecule has 0 aromatic heterocycles. The molecule has 4 nitrogen and oxygen atoms in total. The van der Waals surface area contributed by atoms with E-state index in [1.54, 1.807) is 0 Å². The molecule has 1 aliphatic heterocycles. The van der Waals surface area contributed by atoms with Crippen LogP contribution < -0.4 is 10.6 Å². The van der Waals surface area contributed by atoms with Crippen molar-refractivity contribution < 1.29 is 9.90 Å². The van der Waals surface area contributed by atoms with E-state index in [2.05, 4.69) is 16.7 Å². The van der Waals surface area contributed by atoms with E-state index < -0.39 is 0 Å². The predicted octanol–water partition coefficient (Wildman–Crippen LogP) is 1.15. The second kappa shape index (κ2) is 5.94. The summed E-state index contributed by atoms with van der Waals surface area (Å²) in [6.07, 6.45) is 2.71. The molecule has 0 bridgehead atoms. The van der Waals surface area contributed by atoms with Gasteiger partial charge in [-0.3, -0.25) is 4.79 Å². The van der Waals surface area contributed by atoms with Crippen LogP contribution in [0.5, 0.6) is 0 Å². The van der Waals surface area contributed by atoms with Crippen LogP contribution in [0, 0.1) is 5.92 Å². The van der Waals surface area contributed by atoms with Crippen molar-refractivity contribution in [3.05, 3.63) is 35.4 Å². The quantitative estimate of drug-likeness (QED) is 0.775. The van der Waals surface area contributed by atoms with Gasteiger partial charge in [-0.1, -0.05) is 30.7 Å². The van der Waals surface area contributed by atoms with Crippen molar-refractivity contribution in [3.8, 4) is 0 Å². The Morgan fingerprint density at radius 2 is 2.20 bits per heavy atom. The maximum Gasteiger partial charge on any atom is 0.228 e. The van der Waals surface area contributed by atoms with Crippen molar-refractivity contribution in [1.82, 2.24) is 10.6 Å². The van der Waals surface area contributed by atoms with Gasteiger partial charge in [0.05, 0.1) is 12.0 Å². The minimum atomic E-state index is -0.243. The van der Waals surface area contributed by atoms with E-state index in [9.17, 15) is 9.90 Å². The minimum absolute atomic E-state index is 0.0729. The Bertz CT molecular complexity index is 489. The first-order valence-corrected chi connectivity index (χ1v) is 7.50. The molecule has 0 saturated heterocycles. The van der Waals surface area contributed by atoms with Crippen LogP contribution in [0.3, 0.4) is 0 Å². The number of carbonyl (C=O) groups excluding carboxylic acids is 1. The number of amides is 1. The third-order valence-electron chi connectivity index (χ3n) is 4.57. The fourth-order valence-electron chi connectivity index (χ4n) is 3.34. The number of hydrogen-bond donors (Lipinski definition) is 3. The minimum Gasteiger partial charge on any atom is -0.393 e. The molecule has 1 amide bonds. The summed E-state index contributed by atoms with van der Waals surface area (Å²) in [6.45, 7) is 2.12. The summed E-state index contributed by atoms with van der Waals surface area (Å²) < 4.78 is 0. The molecule has 1 saturated carbocycles. The number of fused-ring (bicyclic) bond motifs is 1. The van der Waals surface area contributed by atoms with E-state index in [0.29, 0.717) is 13.1 Å². The highest BCUT2D eigenvalue weighted by Crippen LogP contribution is 2.26. The first kappa shape index (κ1) is 13.6. The number of rotatable bonds is 3. The van der Waals surface area contributed by atoms with Gasteiger partial charge in [-0.2, -0.15) is 0 Å². The number of nitrogens with one attached hydrogen (secondary N) is 2. The Labute approximate surface area is 119 Å². The largest absolute Gasteiger partial charge is 0.393 e. The van der Waals surface area contributed by atoms with Gasteiger partial charge in [0, 0.05) is 25.6 Å². The van der Waals surface area contributed by atoms with Gasteiger partial charge in [0.25, 0.3) is 0 Å². The molecule has 3 N–H and O–H groups in total. The zero-order valence-electron chi connectivity index (χ0n) is 11.6. The smallest absolute Gasteiger partial charge is 0.228 e. The third kappa shape index (κ3) is 2.72. The Hall–Kier alpha value is -1.39. The van der Waals surface area contributed by atoms with Crippen LogP contribution in [0.15, 0.2) is 24.3 Å². The van der Waals surface area contributed by atoms with E-state index >= 15 is 0 Å². The van der Waals surface area contributed by atoms with Crippen LogP contribution in [0.2, 0.25) is 0 Å². The highest BCUT2D eigenvalue weighted by molar-refractivity contribution is 5.84. The maximum absolute atomic E-state index is 12.4. The third-order valence-corrected chi connectivity index (χ3v) is 4.57. The van der Waals surface area contributed by atoms with Crippen molar-refractivity contribution in [2.75, 3.05) is 13.1 Å². The van der Waals surface area contributed by atoms with Crippen molar-refractivity contribution in [2.45, 2.75) is 37.8 Å². The molecule has 4 heteroatoms. The SMILES string of the molecule is O=C(NCC1CCCC1O)C1CNCc2ccccc21. The Kier molecular flexibility index (Phi) is 4.03. The highest BCUT2D eigenvalue weighted by Gasteiger charge is 2.29. The summed E-state index contributed by atoms with van der Waals surface area (Å²) in [5.41, 5.74) is 2.34. The van der Waals surface area contributed by atoms with Gasteiger partial charge in [0.1, 0.15) is 0 Å². The van der Waals surface area contributed by atoms with Crippen LogP contribution in [0.1, 0.15) is 36.3 Å². The lowest BCUT2D eigenvalue weighted by Gasteiger charge is -2.26. The molecular weight excluding hydrogens is 252 g/mol. The number of benzene rings is 1. The standard InChI is InChI=1S/C16H22N2O2/c19-15-7-3-5-12(15)9-18-16(20)14-10-17-8-11-4-1-2-6-13(11)14/h1-2,4,6,12,14-15,17,19H,3,5,7-10H2,(H,18,20). The second-order valence-electron chi connectivity index (χ2n) is 5.89. The van der Waals surface area contributed by atoms with E-state index in [0.717, 1.165) is 31.4 Å². The highest BCUT2D eigenvalue weighted by atomic mass is 16.3. The zero-order valence-corrected chi connectivity index (χ0v) is 11.6. The van der Waals surface area contributed by atoms with Gasteiger partial charge in [0.15, 0.2) is 0 Å². The zero-order chi connectivity index (χ0) is 13.9. The number of carbonyl (C=O) groups is 1. The molecular formula is C16H22N2O2. The maximum atomic E-state index is 12.4. The molecule has 108 valence electrons. The molecule has 1 fully saturated rings. The van der Waals surface area contributed by atoms with Gasteiger partial charge in [-0.15, -0.1) is 0 Å². The molecule has 3 unspecified atom stereocenters. The average Bonchev–Trinajstić information content (AvgIpc) is 2.89. The summed E-state index contributed by atoms with van der Waals surface area (Å²) in [4.78, 5) is 12.4. The Morgan fingerprint density at radius 1 is 1.35 bits per heavy atom. The lowest BCUT2D eigenvalue weighted by atomic mass is 9.90. The lowest BCUT2D eigenvalue weighted by molar-refractivity contribution is -0.122. The fraction of sp³-hybridized carbons (Fsp3) is 0.562. The average molecular weight is 274 g/mol. The molecule has 1 aromatic rings. The molecule has 3 atom stereocenters. The van der Waals surface area contributed by atoms with Crippen molar-refractivity contribution in [1.29, 1.82) is 0 Å². The van der Waals surface area contributed by atoms with Gasteiger partial charge in [0.2, 0.25) is 5.91 Å². The van der Waals surface area contributed by atoms with E-state index in [1.807, 2.05) is 18.2 Å². The van der Waals surface area contributed by atoms with Gasteiger partial charge in [-0.25, -0.2) is 0 Å². The molecule has 0 spiro atoms. The Morgan fingerprint density at radius 3 is 3.00 bits per heavy atom. The number of aliphatic hydroxyl groups is 1. The summed E-state index contributed by atoms with van der Waals surface area (Å²) >= 11 is 0. The molecule has 1 aromatic carbocycles. The van der Waals surface area contributed by atoms with Gasteiger partial charge < -0.3 is 15.7 Å². The van der Waals surface area contributed by atoms with Crippen LogP contribution in [-0.2, 0) is 11.3 Å². The topological polar surface area (TPSA) is 61.4 Å². The molecule has 0 radical (unpaired) electrons. The normalized spacial score (nSPS) is 28.9. The second-order valence-corrected chi connectivity index (χ2v) is 5.89. The van der Waals surface area contributed by atoms with Gasteiger partial charge >= 0.3 is 0 Å². The summed E-state index contributed by atoms with van der Waals surface area (Å²) in [5.74, 6) is 0.188. The van der Waals surface area contributed by atoms with E-state index in [-0.39, 0.29) is 23.8 Å². The lowest BCUT2D eigenvalue weighted by Crippen LogP contribution is -2.41. The summed E-state index contributed by atoms with van der Waals surface area (Å²) in [5, 5.41) is 16.1. The molecule has 1 aliphatic carbocycles. The van der Waals surface area contributed by atoms with Crippen molar-refractivity contribution in [2.24, 2.45) is 5.92 Å². The fourth-order valence-corrected chi connectivity index (χ4v) is 3.34. The Balaban J connectivity index is 1.63. The van der Waals surface area contributed by atoms with Crippen LogP contribution in [0.25, 0.3) is 0 Å².